The minimum atomic E-state index is -0.699. The smallest absolute Gasteiger partial charge is 0.303 e. The molecule has 6 nitrogen and oxygen atoms in total. The van der Waals surface area contributed by atoms with E-state index in [1.54, 1.807) is 12.2 Å². The van der Waals surface area contributed by atoms with Crippen LogP contribution in [0.5, 0.6) is 0 Å². The summed E-state index contributed by atoms with van der Waals surface area (Å²) in [6.45, 7) is 10.5. The van der Waals surface area contributed by atoms with Crippen LogP contribution in [-0.2, 0) is 35.1 Å². The molecule has 164 valence electrons. The number of carbonyl (C=O) groups excluding carboxylic acids is 2. The minimum absolute atomic E-state index is 0.295. The highest BCUT2D eigenvalue weighted by molar-refractivity contribution is 5.67. The Hall–Kier alpha value is -2.44. The molecule has 1 fully saturated rings. The Kier molecular flexibility index (Phi) is 9.77. The largest absolute Gasteiger partial charge is 0.457 e. The van der Waals surface area contributed by atoms with Gasteiger partial charge in [-0.05, 0) is 31.2 Å². The molecule has 5 atom stereocenters. The first-order chi connectivity index (χ1) is 14.5. The van der Waals surface area contributed by atoms with E-state index in [0.717, 1.165) is 5.56 Å². The lowest BCUT2D eigenvalue weighted by molar-refractivity contribution is -0.253. The van der Waals surface area contributed by atoms with Crippen LogP contribution in [0, 0.1) is 0 Å². The van der Waals surface area contributed by atoms with Crippen LogP contribution in [-0.4, -0.2) is 42.5 Å². The average molecular weight is 417 g/mol. The molecule has 0 bridgehead atoms. The summed E-state index contributed by atoms with van der Waals surface area (Å²) in [7, 11) is 0. The summed E-state index contributed by atoms with van der Waals surface area (Å²) < 4.78 is 23.8. The molecule has 0 aromatic heterocycles. The molecule has 0 N–H and O–H groups in total. The van der Waals surface area contributed by atoms with Crippen molar-refractivity contribution in [2.24, 2.45) is 0 Å². The fourth-order valence-electron chi connectivity index (χ4n) is 3.64. The lowest BCUT2D eigenvalue weighted by atomic mass is 9.90. The second kappa shape index (κ2) is 12.3. The SMILES string of the molecule is C=CCC[C@@H]1O[C@H](CCC=C)[C@@H](OC(C)=O)C(OCc2ccccc2)[C@H]1OC(C)=O. The third kappa shape index (κ3) is 7.11. The fraction of sp³-hybridized carbons (Fsp3) is 0.500. The summed E-state index contributed by atoms with van der Waals surface area (Å²) in [5.74, 6) is -0.877. The van der Waals surface area contributed by atoms with E-state index in [2.05, 4.69) is 13.2 Å². The lowest BCUT2D eigenvalue weighted by Crippen LogP contribution is -2.60. The zero-order valence-electron chi connectivity index (χ0n) is 17.8. The van der Waals surface area contributed by atoms with Crippen LogP contribution in [0.4, 0.5) is 0 Å². The summed E-state index contributed by atoms with van der Waals surface area (Å²) in [4.78, 5) is 23.7. The van der Waals surface area contributed by atoms with Gasteiger partial charge in [0.05, 0.1) is 18.8 Å². The van der Waals surface area contributed by atoms with Crippen LogP contribution in [0.3, 0.4) is 0 Å². The number of carbonyl (C=O) groups is 2. The van der Waals surface area contributed by atoms with Gasteiger partial charge < -0.3 is 18.9 Å². The number of rotatable bonds is 11. The van der Waals surface area contributed by atoms with Gasteiger partial charge in [-0.2, -0.15) is 0 Å². The second-order valence-corrected chi connectivity index (χ2v) is 7.35. The van der Waals surface area contributed by atoms with Crippen LogP contribution in [0.1, 0.15) is 45.1 Å². The van der Waals surface area contributed by atoms with Crippen molar-refractivity contribution in [2.75, 3.05) is 0 Å². The van der Waals surface area contributed by atoms with Crippen molar-refractivity contribution in [1.29, 1.82) is 0 Å². The fourth-order valence-corrected chi connectivity index (χ4v) is 3.64. The van der Waals surface area contributed by atoms with Gasteiger partial charge in [-0.1, -0.05) is 42.5 Å². The van der Waals surface area contributed by atoms with Gasteiger partial charge in [0.15, 0.2) is 12.2 Å². The molecular formula is C24H32O6. The Morgan fingerprint density at radius 1 is 0.900 bits per heavy atom. The maximum Gasteiger partial charge on any atom is 0.303 e. The first-order valence-electron chi connectivity index (χ1n) is 10.3. The van der Waals surface area contributed by atoms with Crippen molar-refractivity contribution in [1.82, 2.24) is 0 Å². The molecule has 1 aliphatic rings. The van der Waals surface area contributed by atoms with E-state index in [1.165, 1.54) is 13.8 Å². The number of allylic oxidation sites excluding steroid dienone is 2. The standard InChI is InChI=1S/C24H32O6/c1-5-7-14-20-22(28-17(3)25)24(27-16-19-12-10-9-11-13-19)23(29-18(4)26)21(30-20)15-8-6-2/h5-6,9-13,20-24H,1-2,7-8,14-16H2,3-4H3/t20-,21+,22-,23+,24?. The van der Waals surface area contributed by atoms with E-state index in [1.807, 2.05) is 30.3 Å². The molecule has 1 saturated heterocycles. The first kappa shape index (κ1) is 23.8. The van der Waals surface area contributed by atoms with Gasteiger partial charge in [-0.3, -0.25) is 9.59 Å². The summed E-state index contributed by atoms with van der Waals surface area (Å²) in [5, 5.41) is 0. The quantitative estimate of drug-likeness (QED) is 0.399. The molecule has 30 heavy (non-hydrogen) atoms. The Balaban J connectivity index is 2.34. The van der Waals surface area contributed by atoms with E-state index < -0.39 is 42.5 Å². The number of ether oxygens (including phenoxy) is 4. The van der Waals surface area contributed by atoms with Crippen molar-refractivity contribution in [2.45, 2.75) is 76.7 Å². The highest BCUT2D eigenvalue weighted by Gasteiger charge is 2.49. The Morgan fingerprint density at radius 2 is 1.40 bits per heavy atom. The zero-order valence-corrected chi connectivity index (χ0v) is 17.8. The number of benzene rings is 1. The van der Waals surface area contributed by atoms with Crippen LogP contribution >= 0.6 is 0 Å². The van der Waals surface area contributed by atoms with Crippen molar-refractivity contribution < 1.29 is 28.5 Å². The number of hydrogen-bond donors (Lipinski definition) is 0. The molecule has 1 aliphatic heterocycles. The third-order valence-corrected chi connectivity index (χ3v) is 4.93. The maximum atomic E-state index is 11.9. The normalized spacial score (nSPS) is 25.9. The highest BCUT2D eigenvalue weighted by atomic mass is 16.6. The van der Waals surface area contributed by atoms with Crippen molar-refractivity contribution in [3.05, 3.63) is 61.2 Å². The highest BCUT2D eigenvalue weighted by Crippen LogP contribution is 2.33. The van der Waals surface area contributed by atoms with Gasteiger partial charge >= 0.3 is 11.9 Å². The molecule has 2 rings (SSSR count). The van der Waals surface area contributed by atoms with Crippen LogP contribution in [0.25, 0.3) is 0 Å². The van der Waals surface area contributed by atoms with Crippen LogP contribution in [0.15, 0.2) is 55.6 Å². The lowest BCUT2D eigenvalue weighted by Gasteiger charge is -2.45. The van der Waals surface area contributed by atoms with Gasteiger partial charge in [0.25, 0.3) is 0 Å². The summed E-state index contributed by atoms with van der Waals surface area (Å²) in [5.41, 5.74) is 0.970. The van der Waals surface area contributed by atoms with Crippen LogP contribution < -0.4 is 0 Å². The van der Waals surface area contributed by atoms with E-state index in [9.17, 15) is 9.59 Å². The summed E-state index contributed by atoms with van der Waals surface area (Å²) in [6.07, 6.45) is 3.37. The topological polar surface area (TPSA) is 71.1 Å². The van der Waals surface area contributed by atoms with Crippen molar-refractivity contribution in [3.63, 3.8) is 0 Å². The molecule has 1 unspecified atom stereocenters. The van der Waals surface area contributed by atoms with Crippen molar-refractivity contribution >= 4 is 11.9 Å². The van der Waals surface area contributed by atoms with Gasteiger partial charge in [0.2, 0.25) is 0 Å². The van der Waals surface area contributed by atoms with Gasteiger partial charge in [-0.15, -0.1) is 13.2 Å². The Labute approximate surface area is 178 Å². The third-order valence-electron chi connectivity index (χ3n) is 4.93. The van der Waals surface area contributed by atoms with Crippen molar-refractivity contribution in [3.8, 4) is 0 Å². The molecule has 0 saturated carbocycles. The zero-order chi connectivity index (χ0) is 21.9. The summed E-state index contributed by atoms with van der Waals surface area (Å²) >= 11 is 0. The first-order valence-corrected chi connectivity index (χ1v) is 10.3. The predicted octanol–water partition coefficient (Wildman–Crippen LogP) is 4.14. The van der Waals surface area contributed by atoms with Crippen LogP contribution in [0.2, 0.25) is 0 Å². The predicted molar refractivity (Wildman–Crippen MR) is 114 cm³/mol. The Bertz CT molecular complexity index is 663. The number of hydrogen-bond acceptors (Lipinski definition) is 6. The number of esters is 2. The molecule has 1 heterocycles. The molecule has 0 radical (unpaired) electrons. The minimum Gasteiger partial charge on any atom is -0.457 e. The molecule has 1 aromatic rings. The maximum absolute atomic E-state index is 11.9. The summed E-state index contributed by atoms with van der Waals surface area (Å²) in [6, 6.07) is 9.68. The molecule has 0 spiro atoms. The van der Waals surface area contributed by atoms with E-state index in [-0.39, 0.29) is 0 Å². The second-order valence-electron chi connectivity index (χ2n) is 7.35. The molecule has 1 aromatic carbocycles. The van der Waals surface area contributed by atoms with Gasteiger partial charge in [0, 0.05) is 13.8 Å². The van der Waals surface area contributed by atoms with E-state index >= 15 is 0 Å². The van der Waals surface area contributed by atoms with Gasteiger partial charge in [-0.25, -0.2) is 0 Å². The molecule has 6 heteroatoms. The van der Waals surface area contributed by atoms with Gasteiger partial charge in [0.1, 0.15) is 6.10 Å². The molecule has 0 aliphatic carbocycles. The average Bonchev–Trinajstić information content (AvgIpc) is 2.71. The molecule has 0 amide bonds. The van der Waals surface area contributed by atoms with E-state index in [0.29, 0.717) is 32.3 Å². The van der Waals surface area contributed by atoms with E-state index in [4.69, 9.17) is 18.9 Å². The Morgan fingerprint density at radius 3 is 1.83 bits per heavy atom. The molecular weight excluding hydrogens is 384 g/mol. The monoisotopic (exact) mass is 416 g/mol.